The highest BCUT2D eigenvalue weighted by Crippen LogP contribution is 2.44. The van der Waals surface area contributed by atoms with Gasteiger partial charge in [0.25, 0.3) is 0 Å². The van der Waals surface area contributed by atoms with Gasteiger partial charge in [-0.25, -0.2) is 26.3 Å². The van der Waals surface area contributed by atoms with E-state index in [0.29, 0.717) is 16.5 Å². The van der Waals surface area contributed by atoms with Crippen LogP contribution in [0.2, 0.25) is 0 Å². The summed E-state index contributed by atoms with van der Waals surface area (Å²) in [6.07, 6.45) is 0.357. The Labute approximate surface area is 293 Å². The second-order valence-corrected chi connectivity index (χ2v) is 13.1. The largest absolute Gasteiger partial charge is 0.450 e. The van der Waals surface area contributed by atoms with Crippen LogP contribution in [0.4, 0.5) is 35.1 Å². The van der Waals surface area contributed by atoms with Crippen molar-refractivity contribution in [3.05, 3.63) is 115 Å². The van der Waals surface area contributed by atoms with Gasteiger partial charge < -0.3 is 4.74 Å². The third-order valence-corrected chi connectivity index (χ3v) is 10.2. The lowest BCUT2D eigenvalue weighted by atomic mass is 9.75. The molecule has 0 amide bonds. The third kappa shape index (κ3) is 6.50. The minimum Gasteiger partial charge on any atom is -0.450 e. The molecule has 0 saturated heterocycles. The Kier molecular flexibility index (Phi) is 11.6. The lowest BCUT2D eigenvalue weighted by molar-refractivity contribution is 0.363. The summed E-state index contributed by atoms with van der Waals surface area (Å²) in [7, 11) is 0. The van der Waals surface area contributed by atoms with Crippen molar-refractivity contribution in [2.75, 3.05) is 0 Å². The van der Waals surface area contributed by atoms with Crippen LogP contribution in [0.3, 0.4) is 0 Å². The van der Waals surface area contributed by atoms with Crippen LogP contribution in [-0.4, -0.2) is 0 Å². The molecule has 4 aromatic carbocycles. The minimum atomic E-state index is -2.30. The lowest BCUT2D eigenvalue weighted by Gasteiger charge is -2.30. The van der Waals surface area contributed by atoms with E-state index >= 15 is 17.6 Å². The summed E-state index contributed by atoms with van der Waals surface area (Å²) in [5.41, 5.74) is 0.567. The van der Waals surface area contributed by atoms with Crippen LogP contribution in [-0.2, 0) is 34.2 Å². The topological polar surface area (TPSA) is 9.23 Å². The molecule has 0 aliphatic carbocycles. The van der Waals surface area contributed by atoms with Crippen molar-refractivity contribution >= 4 is 47.8 Å². The zero-order valence-electron chi connectivity index (χ0n) is 25.9. The predicted octanol–water partition coefficient (Wildman–Crippen LogP) is 12.7. The molecule has 0 fully saturated rings. The van der Waals surface area contributed by atoms with Gasteiger partial charge in [-0.3, -0.25) is 0 Å². The van der Waals surface area contributed by atoms with Gasteiger partial charge in [-0.05, 0) is 47.6 Å². The van der Waals surface area contributed by atoms with E-state index in [1.807, 2.05) is 20.8 Å². The molecule has 0 radical (unpaired) electrons. The van der Waals surface area contributed by atoms with E-state index in [1.54, 1.807) is 12.1 Å². The second kappa shape index (κ2) is 14.6. The Morgan fingerprint density at radius 1 is 0.532 bits per heavy atom. The van der Waals surface area contributed by atoms with E-state index in [2.05, 4.69) is 66.8 Å². The van der Waals surface area contributed by atoms with E-state index in [1.165, 1.54) is 12.5 Å². The van der Waals surface area contributed by atoms with Gasteiger partial charge in [-0.15, -0.1) is 0 Å². The monoisotopic (exact) mass is 854 g/mol. The summed E-state index contributed by atoms with van der Waals surface area (Å²) >= 11 is 10.3. The molecule has 47 heavy (non-hydrogen) atoms. The van der Waals surface area contributed by atoms with E-state index in [9.17, 15) is 17.6 Å². The molecular formula is C35H29Br3F8O. The Hall–Kier alpha value is -2.44. The van der Waals surface area contributed by atoms with Gasteiger partial charge in [-0.2, -0.15) is 8.78 Å². The van der Waals surface area contributed by atoms with E-state index in [0.717, 1.165) is 28.7 Å². The number of ether oxygens (including phenoxy) is 1. The van der Waals surface area contributed by atoms with E-state index in [-0.39, 0.29) is 16.4 Å². The zero-order chi connectivity index (χ0) is 35.1. The molecular weight excluding hydrogens is 828 g/mol. The summed E-state index contributed by atoms with van der Waals surface area (Å²) in [5.74, 6) is -18.9. The molecule has 0 unspecified atom stereocenters. The molecule has 0 aromatic heterocycles. The van der Waals surface area contributed by atoms with Crippen LogP contribution in [0.25, 0.3) is 11.1 Å². The van der Waals surface area contributed by atoms with E-state index < -0.39 is 80.8 Å². The maximum absolute atomic E-state index is 15.5. The molecule has 0 N–H and O–H groups in total. The van der Waals surface area contributed by atoms with Crippen molar-refractivity contribution in [3.8, 4) is 22.6 Å². The molecule has 1 nitrogen and oxygen atoms in total. The first-order valence-electron chi connectivity index (χ1n) is 14.5. The Morgan fingerprint density at radius 2 is 0.915 bits per heavy atom. The molecule has 0 atom stereocenters. The molecule has 0 heterocycles. The highest BCUT2D eigenvalue weighted by molar-refractivity contribution is 9.09. The molecule has 0 aliphatic heterocycles. The molecule has 0 spiro atoms. The van der Waals surface area contributed by atoms with Gasteiger partial charge in [-0.1, -0.05) is 99.8 Å². The van der Waals surface area contributed by atoms with Crippen LogP contribution in [0.15, 0.2) is 24.3 Å². The van der Waals surface area contributed by atoms with Gasteiger partial charge in [0.05, 0.1) is 11.1 Å². The number of benzene rings is 4. The maximum Gasteiger partial charge on any atom is 0.205 e. The molecule has 252 valence electrons. The first-order valence-corrected chi connectivity index (χ1v) is 17.8. The summed E-state index contributed by atoms with van der Waals surface area (Å²) < 4.78 is 126. The molecule has 0 saturated carbocycles. The lowest BCUT2D eigenvalue weighted by Crippen LogP contribution is -2.21. The predicted molar refractivity (Wildman–Crippen MR) is 178 cm³/mol. The summed E-state index contributed by atoms with van der Waals surface area (Å²) in [6, 6.07) is 7.68. The van der Waals surface area contributed by atoms with Crippen molar-refractivity contribution in [1.29, 1.82) is 0 Å². The first kappa shape index (κ1) is 37.4. The van der Waals surface area contributed by atoms with Crippen LogP contribution >= 0.6 is 47.8 Å². The molecule has 4 aromatic rings. The number of alkyl halides is 3. The number of halogens is 11. The van der Waals surface area contributed by atoms with Crippen molar-refractivity contribution in [2.24, 2.45) is 0 Å². The summed E-state index contributed by atoms with van der Waals surface area (Å²) in [4.78, 5) is 0. The average molecular weight is 857 g/mol. The second-order valence-electron chi connectivity index (χ2n) is 11.5. The smallest absolute Gasteiger partial charge is 0.205 e. The molecule has 0 bridgehead atoms. The Morgan fingerprint density at radius 3 is 1.32 bits per heavy atom. The Balaban J connectivity index is 1.88. The van der Waals surface area contributed by atoms with Crippen molar-refractivity contribution in [1.82, 2.24) is 0 Å². The maximum atomic E-state index is 15.5. The van der Waals surface area contributed by atoms with Crippen LogP contribution < -0.4 is 4.74 Å². The third-order valence-electron chi connectivity index (χ3n) is 8.42. The highest BCUT2D eigenvalue weighted by atomic mass is 79.9. The van der Waals surface area contributed by atoms with Crippen molar-refractivity contribution in [3.63, 3.8) is 0 Å². The average Bonchev–Trinajstić information content (AvgIpc) is 3.05. The quantitative estimate of drug-likeness (QED) is 0.0877. The van der Waals surface area contributed by atoms with Crippen LogP contribution in [0.5, 0.6) is 11.5 Å². The molecule has 0 aliphatic rings. The van der Waals surface area contributed by atoms with Gasteiger partial charge in [0, 0.05) is 38.1 Å². The van der Waals surface area contributed by atoms with Crippen LogP contribution in [0, 0.1) is 53.5 Å². The van der Waals surface area contributed by atoms with Gasteiger partial charge in [0.2, 0.25) is 17.4 Å². The highest BCUT2D eigenvalue weighted by Gasteiger charge is 2.35. The van der Waals surface area contributed by atoms with E-state index in [4.69, 9.17) is 4.74 Å². The minimum absolute atomic E-state index is 0.0950. The standard InChI is InChI=1S/C35H29Br3F8O/c1-6-21-15(3)8-19(9-16(21)12-36)35(4,5)20-10-17(13-37)33(18(11-20)14-38)47-34-31(45)29(43)24(30(44)32(34)46)23-27(41)25(39)22(7-2)26(40)28(23)42/h8-11H,6-7,12-14H2,1-5H3. The number of hydrogen-bond acceptors (Lipinski definition) is 1. The molecule has 4 rings (SSSR count). The van der Waals surface area contributed by atoms with Crippen molar-refractivity contribution in [2.45, 2.75) is 68.9 Å². The van der Waals surface area contributed by atoms with Crippen molar-refractivity contribution < 1.29 is 39.9 Å². The Bertz CT molecular complexity index is 1790. The number of rotatable bonds is 10. The van der Waals surface area contributed by atoms with Gasteiger partial charge >= 0.3 is 0 Å². The molecule has 12 heteroatoms. The zero-order valence-corrected chi connectivity index (χ0v) is 30.7. The fourth-order valence-electron chi connectivity index (χ4n) is 5.72. The van der Waals surface area contributed by atoms with Gasteiger partial charge in [0.1, 0.15) is 5.75 Å². The fourth-order valence-corrected chi connectivity index (χ4v) is 7.05. The number of aryl methyl sites for hydroxylation is 1. The fraction of sp³-hybridized carbons (Fsp3) is 0.314. The normalized spacial score (nSPS) is 11.8. The first-order chi connectivity index (χ1) is 22.1. The van der Waals surface area contributed by atoms with Gasteiger partial charge in [0.15, 0.2) is 34.9 Å². The van der Waals surface area contributed by atoms with Crippen LogP contribution in [0.1, 0.15) is 72.2 Å². The summed E-state index contributed by atoms with van der Waals surface area (Å²) in [6.45, 7) is 9.33. The SMILES string of the molecule is CCc1c(C)cc(C(C)(C)c2cc(CBr)c(Oc3c(F)c(F)c(-c4c(F)c(F)c(CC)c(F)c4F)c(F)c3F)c(CBr)c2)cc1CBr. The summed E-state index contributed by atoms with van der Waals surface area (Å²) in [5, 5.41) is 0.846. The number of hydrogen-bond donors (Lipinski definition) is 0.